The van der Waals surface area contributed by atoms with Crippen LogP contribution >= 0.6 is 0 Å². The lowest BCUT2D eigenvalue weighted by Gasteiger charge is -2.06. The number of benzene rings is 1. The average Bonchev–Trinajstić information content (AvgIpc) is 2.26. The molecule has 1 N–H and O–H groups in total. The number of hydroxylamine groups is 1. The number of aromatic nitrogens is 1. The van der Waals surface area contributed by atoms with Crippen LogP contribution in [0.4, 0.5) is 0 Å². The fourth-order valence-electron chi connectivity index (χ4n) is 1.29. The largest absolute Gasteiger partial charge is 0.377 e. The van der Waals surface area contributed by atoms with Crippen LogP contribution in [0.15, 0.2) is 36.5 Å². The van der Waals surface area contributed by atoms with E-state index in [9.17, 15) is 4.79 Å². The van der Waals surface area contributed by atoms with E-state index in [1.807, 2.05) is 24.3 Å². The first-order chi connectivity index (χ1) is 7.27. The van der Waals surface area contributed by atoms with Crippen LogP contribution in [0.2, 0.25) is 0 Å². The standard InChI is InChI=1S/C11H10N2O2/c1-8(14)13-15-10-6-2-4-9-5-3-7-12-11(9)10/h2-7H,1H3,(H,13,14). The lowest BCUT2D eigenvalue weighted by molar-refractivity contribution is -0.125. The Labute approximate surface area is 86.8 Å². The first-order valence-electron chi connectivity index (χ1n) is 4.54. The third kappa shape index (κ3) is 2.04. The van der Waals surface area contributed by atoms with Crippen molar-refractivity contribution in [2.75, 3.05) is 0 Å². The maximum atomic E-state index is 10.7. The Morgan fingerprint density at radius 2 is 2.13 bits per heavy atom. The van der Waals surface area contributed by atoms with Crippen molar-refractivity contribution in [2.45, 2.75) is 6.92 Å². The Kier molecular flexibility index (Phi) is 2.49. The molecule has 15 heavy (non-hydrogen) atoms. The van der Waals surface area contributed by atoms with Crippen LogP contribution in [-0.2, 0) is 4.79 Å². The number of fused-ring (bicyclic) bond motifs is 1. The van der Waals surface area contributed by atoms with Gasteiger partial charge in [-0.25, -0.2) is 0 Å². The van der Waals surface area contributed by atoms with Gasteiger partial charge in [0.1, 0.15) is 5.52 Å². The summed E-state index contributed by atoms with van der Waals surface area (Å²) in [5, 5.41) is 0.973. The Balaban J connectivity index is 2.38. The van der Waals surface area contributed by atoms with E-state index < -0.39 is 0 Å². The lowest BCUT2D eigenvalue weighted by Crippen LogP contribution is -2.23. The van der Waals surface area contributed by atoms with Crippen molar-refractivity contribution in [2.24, 2.45) is 0 Å². The van der Waals surface area contributed by atoms with Crippen LogP contribution in [0.5, 0.6) is 5.75 Å². The zero-order chi connectivity index (χ0) is 10.7. The van der Waals surface area contributed by atoms with Gasteiger partial charge < -0.3 is 4.84 Å². The Hall–Kier alpha value is -2.10. The van der Waals surface area contributed by atoms with Crippen LogP contribution in [-0.4, -0.2) is 10.9 Å². The van der Waals surface area contributed by atoms with E-state index in [-0.39, 0.29) is 5.91 Å². The van der Waals surface area contributed by atoms with Gasteiger partial charge in [-0.15, -0.1) is 0 Å². The molecule has 2 rings (SSSR count). The number of hydrogen-bond acceptors (Lipinski definition) is 3. The molecule has 2 aromatic rings. The van der Waals surface area contributed by atoms with E-state index >= 15 is 0 Å². The summed E-state index contributed by atoms with van der Waals surface area (Å²) in [6, 6.07) is 9.32. The number of hydrogen-bond donors (Lipinski definition) is 1. The quantitative estimate of drug-likeness (QED) is 0.753. The summed E-state index contributed by atoms with van der Waals surface area (Å²) in [4.78, 5) is 20.0. The molecule has 1 aromatic carbocycles. The maximum Gasteiger partial charge on any atom is 0.249 e. The van der Waals surface area contributed by atoms with Crippen LogP contribution in [0.1, 0.15) is 6.92 Å². The predicted molar refractivity (Wildman–Crippen MR) is 56.2 cm³/mol. The molecule has 1 heterocycles. The van der Waals surface area contributed by atoms with Gasteiger partial charge >= 0.3 is 0 Å². The Morgan fingerprint density at radius 1 is 1.33 bits per heavy atom. The van der Waals surface area contributed by atoms with Crippen molar-refractivity contribution in [3.63, 3.8) is 0 Å². The first kappa shape index (κ1) is 9.45. The molecule has 76 valence electrons. The van der Waals surface area contributed by atoms with Gasteiger partial charge in [-0.1, -0.05) is 18.2 Å². The SMILES string of the molecule is CC(=O)NOc1cccc2cccnc12. The highest BCUT2D eigenvalue weighted by molar-refractivity contribution is 5.84. The molecular weight excluding hydrogens is 192 g/mol. The zero-order valence-electron chi connectivity index (χ0n) is 8.23. The molecule has 1 aromatic heterocycles. The van der Waals surface area contributed by atoms with Crippen molar-refractivity contribution in [3.05, 3.63) is 36.5 Å². The smallest absolute Gasteiger partial charge is 0.249 e. The maximum absolute atomic E-state index is 10.7. The second-order valence-electron chi connectivity index (χ2n) is 3.09. The van der Waals surface area contributed by atoms with Crippen molar-refractivity contribution < 1.29 is 9.63 Å². The molecule has 0 radical (unpaired) electrons. The molecule has 0 aliphatic rings. The van der Waals surface area contributed by atoms with E-state index in [0.717, 1.165) is 10.9 Å². The van der Waals surface area contributed by atoms with Crippen LogP contribution in [0.25, 0.3) is 10.9 Å². The van der Waals surface area contributed by atoms with E-state index in [2.05, 4.69) is 10.5 Å². The molecule has 0 saturated heterocycles. The van der Waals surface area contributed by atoms with Gasteiger partial charge in [0, 0.05) is 18.5 Å². The fraction of sp³-hybridized carbons (Fsp3) is 0.0909. The van der Waals surface area contributed by atoms with Gasteiger partial charge in [0.15, 0.2) is 5.75 Å². The number of para-hydroxylation sites is 1. The minimum absolute atomic E-state index is 0.247. The first-order valence-corrected chi connectivity index (χ1v) is 4.54. The van der Waals surface area contributed by atoms with Gasteiger partial charge in [-0.3, -0.25) is 9.78 Å². The third-order valence-corrected chi connectivity index (χ3v) is 1.90. The molecule has 0 saturated carbocycles. The number of rotatable bonds is 2. The second-order valence-corrected chi connectivity index (χ2v) is 3.09. The highest BCUT2D eigenvalue weighted by atomic mass is 16.7. The summed E-state index contributed by atoms with van der Waals surface area (Å²) < 4.78 is 0. The Morgan fingerprint density at radius 3 is 2.93 bits per heavy atom. The fourth-order valence-corrected chi connectivity index (χ4v) is 1.29. The summed E-state index contributed by atoms with van der Waals surface area (Å²) >= 11 is 0. The molecule has 0 atom stereocenters. The molecule has 0 aliphatic heterocycles. The number of nitrogens with one attached hydrogen (secondary N) is 1. The van der Waals surface area contributed by atoms with Gasteiger partial charge in [-0.2, -0.15) is 5.48 Å². The summed E-state index contributed by atoms with van der Waals surface area (Å²) in [7, 11) is 0. The summed E-state index contributed by atoms with van der Waals surface area (Å²) in [6.45, 7) is 1.39. The Bertz CT molecular complexity index is 491. The third-order valence-electron chi connectivity index (χ3n) is 1.90. The molecule has 4 nitrogen and oxygen atoms in total. The van der Waals surface area contributed by atoms with E-state index in [1.165, 1.54) is 6.92 Å². The molecular formula is C11H10N2O2. The van der Waals surface area contributed by atoms with Crippen molar-refractivity contribution in [3.8, 4) is 5.75 Å². The van der Waals surface area contributed by atoms with Gasteiger partial charge in [-0.05, 0) is 12.1 Å². The molecule has 0 aliphatic carbocycles. The topological polar surface area (TPSA) is 51.2 Å². The molecule has 0 fully saturated rings. The lowest BCUT2D eigenvalue weighted by atomic mass is 10.2. The molecule has 0 spiro atoms. The molecule has 0 bridgehead atoms. The minimum Gasteiger partial charge on any atom is -0.377 e. The van der Waals surface area contributed by atoms with E-state index in [1.54, 1.807) is 12.3 Å². The number of pyridine rings is 1. The highest BCUT2D eigenvalue weighted by Gasteiger charge is 2.02. The second kappa shape index (κ2) is 3.96. The van der Waals surface area contributed by atoms with Gasteiger partial charge in [0.25, 0.3) is 0 Å². The average molecular weight is 202 g/mol. The summed E-state index contributed by atoms with van der Waals surface area (Å²) in [6.07, 6.45) is 1.68. The monoisotopic (exact) mass is 202 g/mol. The molecule has 1 amide bonds. The molecule has 4 heteroatoms. The van der Waals surface area contributed by atoms with Crippen LogP contribution in [0.3, 0.4) is 0 Å². The number of carbonyl (C=O) groups excluding carboxylic acids is 1. The predicted octanol–water partition coefficient (Wildman–Crippen LogP) is 1.66. The minimum atomic E-state index is -0.247. The van der Waals surface area contributed by atoms with Crippen molar-refractivity contribution in [1.29, 1.82) is 0 Å². The summed E-state index contributed by atoms with van der Waals surface area (Å²) in [5.41, 5.74) is 3.01. The van der Waals surface area contributed by atoms with E-state index in [4.69, 9.17) is 4.84 Å². The van der Waals surface area contributed by atoms with Crippen LogP contribution in [0, 0.1) is 0 Å². The normalized spacial score (nSPS) is 9.93. The van der Waals surface area contributed by atoms with Crippen LogP contribution < -0.4 is 10.3 Å². The van der Waals surface area contributed by atoms with Gasteiger partial charge in [0.05, 0.1) is 0 Å². The van der Waals surface area contributed by atoms with Crippen molar-refractivity contribution in [1.82, 2.24) is 10.5 Å². The van der Waals surface area contributed by atoms with Gasteiger partial charge in [0.2, 0.25) is 5.91 Å². The number of nitrogens with zero attached hydrogens (tertiary/aromatic N) is 1. The summed E-state index contributed by atoms with van der Waals surface area (Å²) in [5.74, 6) is 0.297. The zero-order valence-corrected chi connectivity index (χ0v) is 8.23. The number of amides is 1. The van der Waals surface area contributed by atoms with Crippen molar-refractivity contribution >= 4 is 16.8 Å². The highest BCUT2D eigenvalue weighted by Crippen LogP contribution is 2.21. The number of carbonyl (C=O) groups is 1. The molecule has 0 unspecified atom stereocenters. The van der Waals surface area contributed by atoms with E-state index in [0.29, 0.717) is 5.75 Å².